The molecule has 2 aromatic rings. The fourth-order valence-electron chi connectivity index (χ4n) is 1.73. The first-order valence-corrected chi connectivity index (χ1v) is 4.40. The van der Waals surface area contributed by atoms with Crippen molar-refractivity contribution in [1.29, 1.82) is 0 Å². The summed E-state index contributed by atoms with van der Waals surface area (Å²) in [5, 5.41) is 0.831. The zero-order valence-electron chi connectivity index (χ0n) is 8.13. The molecule has 0 radical (unpaired) electrons. The first kappa shape index (κ1) is 8.81. The largest absolute Gasteiger partial charge is 0.461 e. The van der Waals surface area contributed by atoms with Crippen LogP contribution in [0.3, 0.4) is 0 Å². The molecule has 1 aromatic carbocycles. The zero-order chi connectivity index (χ0) is 10.3. The molecule has 0 fully saturated rings. The van der Waals surface area contributed by atoms with E-state index in [9.17, 15) is 4.79 Å². The minimum Gasteiger partial charge on any atom is -0.461 e. The SMILES string of the molecule is Cc1oc2cccc(C)c2c1C(N)=O. The Bertz CT molecular complexity index is 511. The molecule has 0 atom stereocenters. The number of nitrogens with two attached hydrogens (primary N) is 1. The Morgan fingerprint density at radius 1 is 1.36 bits per heavy atom. The van der Waals surface area contributed by atoms with Gasteiger partial charge in [-0.2, -0.15) is 0 Å². The van der Waals surface area contributed by atoms with Crippen molar-refractivity contribution in [2.75, 3.05) is 0 Å². The van der Waals surface area contributed by atoms with Gasteiger partial charge in [-0.3, -0.25) is 4.79 Å². The van der Waals surface area contributed by atoms with Gasteiger partial charge >= 0.3 is 0 Å². The van der Waals surface area contributed by atoms with Crippen LogP contribution in [-0.2, 0) is 0 Å². The molecular weight excluding hydrogens is 178 g/mol. The van der Waals surface area contributed by atoms with Gasteiger partial charge in [0, 0.05) is 5.39 Å². The summed E-state index contributed by atoms with van der Waals surface area (Å²) in [4.78, 5) is 11.2. The number of hydrogen-bond donors (Lipinski definition) is 1. The van der Waals surface area contributed by atoms with Crippen molar-refractivity contribution < 1.29 is 9.21 Å². The first-order valence-electron chi connectivity index (χ1n) is 4.40. The molecule has 72 valence electrons. The molecule has 0 unspecified atom stereocenters. The molecule has 0 aliphatic heterocycles. The van der Waals surface area contributed by atoms with E-state index in [1.807, 2.05) is 25.1 Å². The maximum atomic E-state index is 11.2. The molecule has 3 heteroatoms. The summed E-state index contributed by atoms with van der Waals surface area (Å²) in [7, 11) is 0. The highest BCUT2D eigenvalue weighted by Gasteiger charge is 2.16. The van der Waals surface area contributed by atoms with E-state index in [0.29, 0.717) is 11.3 Å². The van der Waals surface area contributed by atoms with Crippen LogP contribution in [0.15, 0.2) is 22.6 Å². The van der Waals surface area contributed by atoms with Crippen molar-refractivity contribution >= 4 is 16.9 Å². The second kappa shape index (κ2) is 2.87. The lowest BCUT2D eigenvalue weighted by Gasteiger charge is -1.96. The number of fused-ring (bicyclic) bond motifs is 1. The number of furan rings is 1. The van der Waals surface area contributed by atoms with Gasteiger partial charge < -0.3 is 10.2 Å². The number of benzene rings is 1. The average Bonchev–Trinajstić information content (AvgIpc) is 2.42. The second-order valence-corrected chi connectivity index (χ2v) is 3.35. The van der Waals surface area contributed by atoms with Crippen LogP contribution in [0, 0.1) is 13.8 Å². The summed E-state index contributed by atoms with van der Waals surface area (Å²) < 4.78 is 5.44. The molecule has 0 aliphatic rings. The standard InChI is InChI=1S/C11H11NO2/c1-6-4-3-5-8-9(6)10(11(12)13)7(2)14-8/h3-5H,1-2H3,(H2,12,13). The lowest BCUT2D eigenvalue weighted by Crippen LogP contribution is -2.11. The number of primary amides is 1. The van der Waals surface area contributed by atoms with Gasteiger partial charge in [0.25, 0.3) is 5.91 Å². The van der Waals surface area contributed by atoms with Crippen molar-refractivity contribution in [3.63, 3.8) is 0 Å². The van der Waals surface area contributed by atoms with E-state index in [0.717, 1.165) is 16.5 Å². The Morgan fingerprint density at radius 2 is 2.07 bits per heavy atom. The van der Waals surface area contributed by atoms with Gasteiger partial charge in [0.1, 0.15) is 11.3 Å². The Hall–Kier alpha value is -1.77. The van der Waals surface area contributed by atoms with Crippen LogP contribution in [-0.4, -0.2) is 5.91 Å². The highest BCUT2D eigenvalue weighted by atomic mass is 16.3. The smallest absolute Gasteiger partial charge is 0.252 e. The molecule has 0 spiro atoms. The van der Waals surface area contributed by atoms with Crippen LogP contribution < -0.4 is 5.73 Å². The summed E-state index contributed by atoms with van der Waals surface area (Å²) in [5.41, 5.74) is 7.52. The van der Waals surface area contributed by atoms with Gasteiger partial charge in [0.05, 0.1) is 5.56 Å². The van der Waals surface area contributed by atoms with E-state index in [1.54, 1.807) is 6.92 Å². The molecule has 2 N–H and O–H groups in total. The number of amides is 1. The van der Waals surface area contributed by atoms with Gasteiger partial charge in [0.15, 0.2) is 0 Å². The number of rotatable bonds is 1. The van der Waals surface area contributed by atoms with E-state index < -0.39 is 5.91 Å². The summed E-state index contributed by atoms with van der Waals surface area (Å²) >= 11 is 0. The molecule has 1 amide bonds. The van der Waals surface area contributed by atoms with Gasteiger partial charge in [-0.25, -0.2) is 0 Å². The second-order valence-electron chi connectivity index (χ2n) is 3.35. The molecule has 1 aromatic heterocycles. The van der Waals surface area contributed by atoms with Crippen LogP contribution in [0.5, 0.6) is 0 Å². The van der Waals surface area contributed by atoms with Crippen LogP contribution in [0.1, 0.15) is 21.7 Å². The maximum Gasteiger partial charge on any atom is 0.252 e. The van der Waals surface area contributed by atoms with E-state index in [4.69, 9.17) is 10.2 Å². The Balaban J connectivity index is 2.93. The summed E-state index contributed by atoms with van der Waals surface area (Å²) in [5.74, 6) is 0.150. The molecule has 2 rings (SSSR count). The van der Waals surface area contributed by atoms with Crippen LogP contribution >= 0.6 is 0 Å². The summed E-state index contributed by atoms with van der Waals surface area (Å²) in [6, 6.07) is 5.66. The minimum atomic E-state index is -0.435. The van der Waals surface area contributed by atoms with Crippen molar-refractivity contribution in [1.82, 2.24) is 0 Å². The molecule has 3 nitrogen and oxygen atoms in total. The maximum absolute atomic E-state index is 11.2. The van der Waals surface area contributed by atoms with Gasteiger partial charge in [-0.15, -0.1) is 0 Å². The fraction of sp³-hybridized carbons (Fsp3) is 0.182. The summed E-state index contributed by atoms with van der Waals surface area (Å²) in [6.45, 7) is 3.68. The van der Waals surface area contributed by atoms with E-state index in [-0.39, 0.29) is 0 Å². The van der Waals surface area contributed by atoms with Gasteiger partial charge in [0.2, 0.25) is 0 Å². The normalized spacial score (nSPS) is 10.7. The third-order valence-electron chi connectivity index (χ3n) is 2.35. The number of hydrogen-bond acceptors (Lipinski definition) is 2. The van der Waals surface area contributed by atoms with Gasteiger partial charge in [-0.1, -0.05) is 12.1 Å². The first-order chi connectivity index (χ1) is 6.61. The van der Waals surface area contributed by atoms with Crippen LogP contribution in [0.25, 0.3) is 11.0 Å². The highest BCUT2D eigenvalue weighted by Crippen LogP contribution is 2.27. The highest BCUT2D eigenvalue weighted by molar-refractivity contribution is 6.07. The monoisotopic (exact) mass is 189 g/mol. The average molecular weight is 189 g/mol. The molecule has 0 aliphatic carbocycles. The van der Waals surface area contributed by atoms with Crippen molar-refractivity contribution in [3.8, 4) is 0 Å². The van der Waals surface area contributed by atoms with Gasteiger partial charge in [-0.05, 0) is 25.5 Å². The van der Waals surface area contributed by atoms with E-state index in [2.05, 4.69) is 0 Å². The number of carbonyl (C=O) groups excluding carboxylic acids is 1. The van der Waals surface area contributed by atoms with Crippen LogP contribution in [0.2, 0.25) is 0 Å². The molecule has 1 heterocycles. The lowest BCUT2D eigenvalue weighted by atomic mass is 10.1. The molecule has 0 saturated carbocycles. The molecule has 14 heavy (non-hydrogen) atoms. The van der Waals surface area contributed by atoms with Crippen molar-refractivity contribution in [2.45, 2.75) is 13.8 Å². The Morgan fingerprint density at radius 3 is 2.71 bits per heavy atom. The topological polar surface area (TPSA) is 56.2 Å². The Labute approximate surface area is 81.5 Å². The fourth-order valence-corrected chi connectivity index (χ4v) is 1.73. The molecule has 0 bridgehead atoms. The number of aryl methyl sites for hydroxylation is 2. The van der Waals surface area contributed by atoms with E-state index >= 15 is 0 Å². The van der Waals surface area contributed by atoms with Crippen LogP contribution in [0.4, 0.5) is 0 Å². The third-order valence-corrected chi connectivity index (χ3v) is 2.35. The van der Waals surface area contributed by atoms with Crippen molar-refractivity contribution in [3.05, 3.63) is 35.1 Å². The lowest BCUT2D eigenvalue weighted by molar-refractivity contribution is 0.1000. The molecular formula is C11H11NO2. The third kappa shape index (κ3) is 1.09. The van der Waals surface area contributed by atoms with E-state index in [1.165, 1.54) is 0 Å². The predicted octanol–water partition coefficient (Wildman–Crippen LogP) is 2.15. The quantitative estimate of drug-likeness (QED) is 0.747. The zero-order valence-corrected chi connectivity index (χ0v) is 8.13. The summed E-state index contributed by atoms with van der Waals surface area (Å²) in [6.07, 6.45) is 0. The van der Waals surface area contributed by atoms with Crippen molar-refractivity contribution in [2.24, 2.45) is 5.73 Å². The predicted molar refractivity (Wildman–Crippen MR) is 54.2 cm³/mol. The minimum absolute atomic E-state index is 0.435. The molecule has 0 saturated heterocycles. The Kier molecular flexibility index (Phi) is 1.81. The number of carbonyl (C=O) groups is 1.